The smallest absolute Gasteiger partial charge is 0.251 e. The van der Waals surface area contributed by atoms with Gasteiger partial charge in [0.2, 0.25) is 0 Å². The number of nitrogens with zero attached hydrogens (tertiary/aromatic N) is 1. The highest BCUT2D eigenvalue weighted by molar-refractivity contribution is 5.81. The first-order valence-electron chi connectivity index (χ1n) is 6.37. The first kappa shape index (κ1) is 10.5. The molecule has 1 N–H and O–H groups in total. The zero-order valence-electron chi connectivity index (χ0n) is 9.82. The Morgan fingerprint density at radius 1 is 1.31 bits per heavy atom. The van der Waals surface area contributed by atoms with Crippen LogP contribution in [0.25, 0.3) is 0 Å². The predicted octanol–water partition coefficient (Wildman–Crippen LogP) is 0.0892. The zero-order valence-corrected chi connectivity index (χ0v) is 9.82. The van der Waals surface area contributed by atoms with E-state index in [1.807, 2.05) is 4.90 Å². The van der Waals surface area contributed by atoms with E-state index in [0.717, 1.165) is 39.2 Å². The first-order valence-corrected chi connectivity index (χ1v) is 6.37. The average molecular weight is 224 g/mol. The van der Waals surface area contributed by atoms with Crippen LogP contribution in [0.15, 0.2) is 0 Å². The van der Waals surface area contributed by atoms with Crippen LogP contribution < -0.4 is 5.32 Å². The van der Waals surface area contributed by atoms with Gasteiger partial charge in [-0.2, -0.15) is 0 Å². The van der Waals surface area contributed by atoms with Crippen molar-refractivity contribution in [1.29, 1.82) is 0 Å². The van der Waals surface area contributed by atoms with E-state index in [1.165, 1.54) is 0 Å². The second kappa shape index (κ2) is 4.00. The van der Waals surface area contributed by atoms with E-state index in [9.17, 15) is 4.79 Å². The van der Waals surface area contributed by atoms with Gasteiger partial charge in [-0.25, -0.2) is 0 Å². The molecule has 0 radical (unpaired) electrons. The number of fused-ring (bicyclic) bond motifs is 1. The van der Waals surface area contributed by atoms with Crippen LogP contribution in [-0.2, 0) is 9.53 Å². The van der Waals surface area contributed by atoms with Gasteiger partial charge in [0.25, 0.3) is 5.91 Å². The number of hydrogen-bond donors (Lipinski definition) is 1. The second-order valence-corrected chi connectivity index (χ2v) is 5.48. The lowest BCUT2D eigenvalue weighted by Gasteiger charge is -2.23. The van der Waals surface area contributed by atoms with Crippen LogP contribution in [0.1, 0.15) is 13.3 Å². The number of ether oxygens (including phenoxy) is 1. The number of amides is 1. The summed E-state index contributed by atoms with van der Waals surface area (Å²) in [5, 5.41) is 3.39. The van der Waals surface area contributed by atoms with E-state index >= 15 is 0 Å². The largest absolute Gasteiger partial charge is 0.368 e. The van der Waals surface area contributed by atoms with Crippen LogP contribution in [-0.4, -0.2) is 49.7 Å². The second-order valence-electron chi connectivity index (χ2n) is 5.48. The van der Waals surface area contributed by atoms with Gasteiger partial charge in [-0.3, -0.25) is 4.79 Å². The van der Waals surface area contributed by atoms with Crippen molar-refractivity contribution in [2.75, 3.05) is 32.8 Å². The van der Waals surface area contributed by atoms with Crippen molar-refractivity contribution < 1.29 is 9.53 Å². The molecule has 0 aliphatic carbocycles. The zero-order chi connectivity index (χ0) is 11.1. The minimum absolute atomic E-state index is 0.160. The van der Waals surface area contributed by atoms with Crippen molar-refractivity contribution >= 4 is 5.91 Å². The molecule has 3 rings (SSSR count). The van der Waals surface area contributed by atoms with Gasteiger partial charge in [-0.15, -0.1) is 0 Å². The molecule has 3 aliphatic rings. The molecule has 4 unspecified atom stereocenters. The molecular weight excluding hydrogens is 204 g/mol. The summed E-state index contributed by atoms with van der Waals surface area (Å²) in [5.74, 6) is 1.99. The molecule has 4 heteroatoms. The Bertz CT molecular complexity index is 283. The van der Waals surface area contributed by atoms with Gasteiger partial charge in [0.1, 0.15) is 6.10 Å². The van der Waals surface area contributed by atoms with E-state index in [4.69, 9.17) is 4.74 Å². The number of rotatable bonds is 1. The molecular formula is C12H20N2O2. The fourth-order valence-electron chi connectivity index (χ4n) is 3.23. The van der Waals surface area contributed by atoms with E-state index in [-0.39, 0.29) is 12.0 Å². The number of carbonyl (C=O) groups is 1. The molecule has 4 atom stereocenters. The van der Waals surface area contributed by atoms with Gasteiger partial charge >= 0.3 is 0 Å². The quantitative estimate of drug-likeness (QED) is 0.686. The predicted molar refractivity (Wildman–Crippen MR) is 60.0 cm³/mol. The Morgan fingerprint density at radius 3 is 2.56 bits per heavy atom. The van der Waals surface area contributed by atoms with Crippen molar-refractivity contribution in [2.24, 2.45) is 17.8 Å². The van der Waals surface area contributed by atoms with Gasteiger partial charge < -0.3 is 15.0 Å². The monoisotopic (exact) mass is 224 g/mol. The van der Waals surface area contributed by atoms with Gasteiger partial charge in [0.15, 0.2) is 0 Å². The molecule has 0 aromatic rings. The Kier molecular flexibility index (Phi) is 2.64. The molecule has 0 aromatic heterocycles. The highest BCUT2D eigenvalue weighted by atomic mass is 16.5. The molecule has 90 valence electrons. The molecule has 3 heterocycles. The van der Waals surface area contributed by atoms with Gasteiger partial charge in [-0.05, 0) is 24.2 Å². The molecule has 4 nitrogen and oxygen atoms in total. The third kappa shape index (κ3) is 1.64. The number of carbonyl (C=O) groups excluding carboxylic acids is 1. The molecule has 0 saturated carbocycles. The number of nitrogens with one attached hydrogen (secondary N) is 1. The Hall–Kier alpha value is -0.610. The van der Waals surface area contributed by atoms with Crippen LogP contribution in [0, 0.1) is 17.8 Å². The fourth-order valence-corrected chi connectivity index (χ4v) is 3.23. The summed E-state index contributed by atoms with van der Waals surface area (Å²) >= 11 is 0. The summed E-state index contributed by atoms with van der Waals surface area (Å²) < 4.78 is 5.55. The van der Waals surface area contributed by atoms with Crippen LogP contribution in [0.2, 0.25) is 0 Å². The maximum Gasteiger partial charge on any atom is 0.251 e. The molecule has 1 amide bonds. The van der Waals surface area contributed by atoms with Crippen LogP contribution in [0.3, 0.4) is 0 Å². The van der Waals surface area contributed by atoms with E-state index in [2.05, 4.69) is 12.2 Å². The van der Waals surface area contributed by atoms with Gasteiger partial charge in [0.05, 0.1) is 0 Å². The van der Waals surface area contributed by atoms with E-state index in [0.29, 0.717) is 17.8 Å². The highest BCUT2D eigenvalue weighted by Gasteiger charge is 2.42. The molecule has 0 bridgehead atoms. The van der Waals surface area contributed by atoms with Gasteiger partial charge in [0, 0.05) is 32.8 Å². The van der Waals surface area contributed by atoms with Crippen LogP contribution >= 0.6 is 0 Å². The Balaban J connectivity index is 1.63. The third-order valence-corrected chi connectivity index (χ3v) is 4.33. The summed E-state index contributed by atoms with van der Waals surface area (Å²) in [4.78, 5) is 14.3. The lowest BCUT2D eigenvalue weighted by Crippen LogP contribution is -2.41. The fraction of sp³-hybridized carbons (Fsp3) is 0.917. The maximum absolute atomic E-state index is 12.3. The van der Waals surface area contributed by atoms with Crippen molar-refractivity contribution in [2.45, 2.75) is 19.4 Å². The highest BCUT2D eigenvalue weighted by Crippen LogP contribution is 2.29. The summed E-state index contributed by atoms with van der Waals surface area (Å²) in [7, 11) is 0. The van der Waals surface area contributed by atoms with Crippen LogP contribution in [0.4, 0.5) is 0 Å². The Morgan fingerprint density at radius 2 is 2.00 bits per heavy atom. The lowest BCUT2D eigenvalue weighted by atomic mass is 10.0. The lowest BCUT2D eigenvalue weighted by molar-refractivity contribution is -0.141. The molecule has 3 saturated heterocycles. The van der Waals surface area contributed by atoms with Crippen molar-refractivity contribution in [3.8, 4) is 0 Å². The Labute approximate surface area is 96.3 Å². The third-order valence-electron chi connectivity index (χ3n) is 4.33. The van der Waals surface area contributed by atoms with Crippen molar-refractivity contribution in [3.63, 3.8) is 0 Å². The summed E-state index contributed by atoms with van der Waals surface area (Å²) in [6.45, 7) is 6.89. The molecule has 0 aromatic carbocycles. The standard InChI is InChI=1S/C12H20N2O2/c1-8-2-3-16-11(8)12(15)14-6-9-4-13-5-10(9)7-14/h8-11,13H,2-7H2,1H3. The number of likely N-dealkylation sites (tertiary alicyclic amines) is 1. The van der Waals surface area contributed by atoms with Gasteiger partial charge in [-0.1, -0.05) is 6.92 Å². The molecule has 16 heavy (non-hydrogen) atoms. The topological polar surface area (TPSA) is 41.6 Å². The average Bonchev–Trinajstić information content (AvgIpc) is 2.89. The number of hydrogen-bond acceptors (Lipinski definition) is 3. The summed E-state index contributed by atoms with van der Waals surface area (Å²) in [6, 6.07) is 0. The van der Waals surface area contributed by atoms with E-state index < -0.39 is 0 Å². The minimum atomic E-state index is -0.160. The molecule has 0 spiro atoms. The molecule has 3 fully saturated rings. The summed E-state index contributed by atoms with van der Waals surface area (Å²) in [6.07, 6.45) is 0.866. The SMILES string of the molecule is CC1CCOC1C(=O)N1CC2CNCC2C1. The van der Waals surface area contributed by atoms with Crippen LogP contribution in [0.5, 0.6) is 0 Å². The normalized spacial score (nSPS) is 42.7. The molecule has 3 aliphatic heterocycles. The maximum atomic E-state index is 12.3. The van der Waals surface area contributed by atoms with Crippen molar-refractivity contribution in [3.05, 3.63) is 0 Å². The summed E-state index contributed by atoms with van der Waals surface area (Å²) in [5.41, 5.74) is 0. The minimum Gasteiger partial charge on any atom is -0.368 e. The first-order chi connectivity index (χ1) is 7.75. The van der Waals surface area contributed by atoms with Crippen molar-refractivity contribution in [1.82, 2.24) is 10.2 Å². The van der Waals surface area contributed by atoms with E-state index in [1.54, 1.807) is 0 Å².